The molecule has 9 N–H and O–H groups in total. The van der Waals surface area contributed by atoms with Gasteiger partial charge in [-0.05, 0) is 19.3 Å². The minimum Gasteiger partial charge on any atom is -0.548 e. The summed E-state index contributed by atoms with van der Waals surface area (Å²) in [6.45, 7) is 0. The van der Waals surface area contributed by atoms with Gasteiger partial charge in [0.1, 0.15) is 0 Å². The third kappa shape index (κ3) is 29.5. The Bertz CT molecular complexity index is 521. The van der Waals surface area contributed by atoms with Crippen molar-refractivity contribution in [2.45, 2.75) is 56.7 Å². The van der Waals surface area contributed by atoms with Crippen LogP contribution in [0.25, 0.3) is 0 Å². The largest absolute Gasteiger partial charge is 3.00 e. The molecule has 0 rings (SSSR count). The molecule has 0 heterocycles. The van der Waals surface area contributed by atoms with E-state index in [1.165, 1.54) is 0 Å². The Balaban J connectivity index is -0.000000174. The predicted molar refractivity (Wildman–Crippen MR) is 95.3 cm³/mol. The SMILES string of the molecule is N[C@@H](CCC(=O)O)C(=O)[O-].N[C@@H](CCC(=O)O)C(=O)[O-].N[C@@H](CCC(=O)O)C(=O)[O-].[Al+3]. The van der Waals surface area contributed by atoms with Crippen LogP contribution in [0.1, 0.15) is 38.5 Å². The van der Waals surface area contributed by atoms with Crippen molar-refractivity contribution in [1.82, 2.24) is 0 Å². The maximum atomic E-state index is 9.88. The first-order chi connectivity index (χ1) is 13.6. The number of carbonyl (C=O) groups excluding carboxylic acids is 3. The van der Waals surface area contributed by atoms with Crippen LogP contribution >= 0.6 is 0 Å². The summed E-state index contributed by atoms with van der Waals surface area (Å²) < 4.78 is 0. The number of carboxylic acids is 6. The molecular weight excluding hydrogens is 441 g/mol. The van der Waals surface area contributed by atoms with Crippen LogP contribution in [-0.4, -0.2) is 86.6 Å². The van der Waals surface area contributed by atoms with Gasteiger partial charge >= 0.3 is 35.3 Å². The van der Waals surface area contributed by atoms with Crippen molar-refractivity contribution in [3.05, 3.63) is 0 Å². The van der Waals surface area contributed by atoms with Gasteiger partial charge < -0.3 is 62.2 Å². The Morgan fingerprint density at radius 1 is 0.548 bits per heavy atom. The van der Waals surface area contributed by atoms with Crippen LogP contribution < -0.4 is 32.5 Å². The second-order valence-corrected chi connectivity index (χ2v) is 5.57. The molecule has 0 aromatic rings. The first-order valence-corrected chi connectivity index (χ1v) is 8.16. The zero-order valence-electron chi connectivity index (χ0n) is 16.3. The molecule has 0 saturated heterocycles. The van der Waals surface area contributed by atoms with Crippen molar-refractivity contribution in [3.8, 4) is 0 Å². The molecular formula is C15H24AlN3O12. The fourth-order valence-electron chi connectivity index (χ4n) is 1.19. The van der Waals surface area contributed by atoms with Crippen molar-refractivity contribution >= 4 is 53.2 Å². The van der Waals surface area contributed by atoms with E-state index in [9.17, 15) is 44.1 Å². The summed E-state index contributed by atoms with van der Waals surface area (Å²) >= 11 is 0. The molecule has 0 aromatic carbocycles. The van der Waals surface area contributed by atoms with Gasteiger partial charge in [-0.15, -0.1) is 0 Å². The smallest absolute Gasteiger partial charge is 0.548 e. The standard InChI is InChI=1S/3C5H9NO4.Al/c3*6-3(5(9)10)1-2-4(7)8;/h3*3H,1-2,6H2,(H,7,8)(H,9,10);/q;;;+3/p-3/t3*3-;/m000./s1. The first kappa shape index (κ1) is 35.7. The summed E-state index contributed by atoms with van der Waals surface area (Å²) in [5, 5.41) is 53.9. The number of rotatable bonds is 12. The Morgan fingerprint density at radius 2 is 0.710 bits per heavy atom. The second-order valence-electron chi connectivity index (χ2n) is 5.57. The van der Waals surface area contributed by atoms with E-state index >= 15 is 0 Å². The second kappa shape index (κ2) is 20.5. The number of nitrogens with two attached hydrogens (primary N) is 3. The summed E-state index contributed by atoms with van der Waals surface area (Å²) in [5.41, 5.74) is 14.8. The van der Waals surface area contributed by atoms with Crippen LogP contribution in [0, 0.1) is 0 Å². The molecule has 0 saturated carbocycles. The molecule has 3 atom stereocenters. The van der Waals surface area contributed by atoms with Gasteiger partial charge in [-0.25, -0.2) is 0 Å². The fraction of sp³-hybridized carbons (Fsp3) is 0.600. The molecule has 0 unspecified atom stereocenters. The zero-order valence-corrected chi connectivity index (χ0v) is 17.5. The van der Waals surface area contributed by atoms with Crippen molar-refractivity contribution in [2.24, 2.45) is 17.2 Å². The molecule has 16 heteroatoms. The number of hydrogen-bond acceptors (Lipinski definition) is 12. The number of aliphatic carboxylic acids is 6. The van der Waals surface area contributed by atoms with Gasteiger partial charge in [-0.2, -0.15) is 0 Å². The van der Waals surface area contributed by atoms with E-state index in [2.05, 4.69) is 0 Å². The number of hydrogen-bond donors (Lipinski definition) is 6. The average molecular weight is 465 g/mol. The van der Waals surface area contributed by atoms with Crippen molar-refractivity contribution in [1.29, 1.82) is 0 Å². The molecule has 0 aliphatic heterocycles. The van der Waals surface area contributed by atoms with E-state index in [1.807, 2.05) is 0 Å². The van der Waals surface area contributed by atoms with E-state index in [1.54, 1.807) is 0 Å². The van der Waals surface area contributed by atoms with E-state index in [-0.39, 0.29) is 55.9 Å². The third-order valence-corrected chi connectivity index (χ3v) is 2.92. The Labute approximate surface area is 186 Å². The number of carbonyl (C=O) groups is 6. The normalized spacial score (nSPS) is 12.1. The minimum atomic E-state index is -1.42. The monoisotopic (exact) mass is 465 g/mol. The van der Waals surface area contributed by atoms with Crippen LogP contribution in [0.3, 0.4) is 0 Å². The Hall–Kier alpha value is -2.77. The van der Waals surface area contributed by atoms with Gasteiger partial charge in [0.15, 0.2) is 0 Å². The molecule has 174 valence electrons. The van der Waals surface area contributed by atoms with E-state index in [4.69, 9.17) is 32.5 Å². The minimum absolute atomic E-state index is 0. The summed E-state index contributed by atoms with van der Waals surface area (Å²) in [4.78, 5) is 59.2. The molecule has 0 fully saturated rings. The Morgan fingerprint density at radius 3 is 0.806 bits per heavy atom. The van der Waals surface area contributed by atoms with Crippen LogP contribution in [0.4, 0.5) is 0 Å². The molecule has 0 bridgehead atoms. The molecule has 15 nitrogen and oxygen atoms in total. The topological polar surface area (TPSA) is 310 Å². The molecule has 31 heavy (non-hydrogen) atoms. The van der Waals surface area contributed by atoms with Crippen LogP contribution in [0.2, 0.25) is 0 Å². The van der Waals surface area contributed by atoms with Crippen LogP contribution in [0.5, 0.6) is 0 Å². The number of carboxylic acid groups (broad SMARTS) is 6. The zero-order chi connectivity index (χ0) is 24.4. The molecule has 0 amide bonds. The van der Waals surface area contributed by atoms with Crippen molar-refractivity contribution in [3.63, 3.8) is 0 Å². The fourth-order valence-corrected chi connectivity index (χ4v) is 1.19. The van der Waals surface area contributed by atoms with Crippen molar-refractivity contribution < 1.29 is 59.4 Å². The van der Waals surface area contributed by atoms with E-state index in [0.717, 1.165) is 0 Å². The van der Waals surface area contributed by atoms with Crippen LogP contribution in [0.15, 0.2) is 0 Å². The summed E-state index contributed by atoms with van der Waals surface area (Å²) in [6, 6.07) is -3.51. The maximum absolute atomic E-state index is 9.88. The van der Waals surface area contributed by atoms with E-state index in [0.29, 0.717) is 0 Å². The van der Waals surface area contributed by atoms with Gasteiger partial charge in [0.05, 0.1) is 17.9 Å². The van der Waals surface area contributed by atoms with Gasteiger partial charge in [0, 0.05) is 37.4 Å². The maximum Gasteiger partial charge on any atom is 3.00 e. The quantitative estimate of drug-likeness (QED) is 0.146. The third-order valence-electron chi connectivity index (χ3n) is 2.92. The van der Waals surface area contributed by atoms with Gasteiger partial charge in [-0.1, -0.05) is 0 Å². The predicted octanol–water partition coefficient (Wildman–Crippen LogP) is -6.60. The van der Waals surface area contributed by atoms with Crippen molar-refractivity contribution in [2.75, 3.05) is 0 Å². The molecule has 0 aromatic heterocycles. The average Bonchev–Trinajstić information content (AvgIpc) is 2.62. The molecule has 0 aliphatic carbocycles. The molecule has 0 radical (unpaired) electrons. The van der Waals surface area contributed by atoms with E-state index < -0.39 is 53.9 Å². The van der Waals surface area contributed by atoms with Gasteiger partial charge in [0.25, 0.3) is 0 Å². The summed E-state index contributed by atoms with van der Waals surface area (Å²) in [7, 11) is 0. The molecule has 0 aliphatic rings. The summed E-state index contributed by atoms with van der Waals surface area (Å²) in [5.74, 6) is -7.42. The van der Waals surface area contributed by atoms with Gasteiger partial charge in [0.2, 0.25) is 0 Å². The van der Waals surface area contributed by atoms with Crippen LogP contribution in [-0.2, 0) is 28.8 Å². The Kier molecular flexibility index (Phi) is 23.6. The molecule has 0 spiro atoms. The van der Waals surface area contributed by atoms with Gasteiger partial charge in [-0.3, -0.25) is 14.4 Å². The first-order valence-electron chi connectivity index (χ1n) is 8.16. The summed E-state index contributed by atoms with van der Waals surface area (Å²) in [6.07, 6.45) is -0.980.